The summed E-state index contributed by atoms with van der Waals surface area (Å²) in [6.07, 6.45) is 7.81. The highest BCUT2D eigenvalue weighted by molar-refractivity contribution is 5.69. The first-order valence-electron chi connectivity index (χ1n) is 11.3. The molecule has 0 saturated heterocycles. The minimum atomic E-state index is -2.55. The van der Waals surface area contributed by atoms with E-state index in [4.69, 9.17) is 5.26 Å². The van der Waals surface area contributed by atoms with E-state index >= 15 is 0 Å². The molecule has 1 N–H and O–H groups in total. The molecule has 4 aromatic heterocycles. The zero-order valence-corrected chi connectivity index (χ0v) is 18.9. The number of nitriles is 2. The minimum absolute atomic E-state index is 0.000170. The summed E-state index contributed by atoms with van der Waals surface area (Å²) in [7, 11) is 0. The quantitative estimate of drug-likeness (QED) is 0.320. The molecule has 0 unspecified atom stereocenters. The van der Waals surface area contributed by atoms with Gasteiger partial charge >= 0.3 is 5.65 Å². The van der Waals surface area contributed by atoms with Gasteiger partial charge in [-0.1, -0.05) is 0 Å². The van der Waals surface area contributed by atoms with E-state index in [0.29, 0.717) is 39.5 Å². The van der Waals surface area contributed by atoms with E-state index in [2.05, 4.69) is 25.4 Å². The highest BCUT2D eigenvalue weighted by Gasteiger charge is 2.30. The second-order valence-corrected chi connectivity index (χ2v) is 8.60. The van der Waals surface area contributed by atoms with E-state index < -0.39 is 13.0 Å². The zero-order chi connectivity index (χ0) is 25.2. The van der Waals surface area contributed by atoms with Crippen LogP contribution in [0, 0.1) is 27.9 Å². The van der Waals surface area contributed by atoms with Crippen molar-refractivity contribution in [3.05, 3.63) is 53.5 Å². The van der Waals surface area contributed by atoms with E-state index in [0.717, 1.165) is 23.9 Å². The van der Waals surface area contributed by atoms with Crippen LogP contribution in [0.3, 0.4) is 0 Å². The topological polar surface area (TPSA) is 148 Å². The van der Waals surface area contributed by atoms with Crippen LogP contribution in [0.1, 0.15) is 42.9 Å². The van der Waals surface area contributed by atoms with Gasteiger partial charge in [-0.3, -0.25) is 4.68 Å². The van der Waals surface area contributed by atoms with Gasteiger partial charge in [-0.05, 0) is 25.3 Å². The lowest BCUT2D eigenvalue weighted by Gasteiger charge is -2.28. The average Bonchev–Trinajstić information content (AvgIpc) is 3.51. The first-order chi connectivity index (χ1) is 17.4. The van der Waals surface area contributed by atoms with Crippen molar-refractivity contribution in [2.75, 3.05) is 5.32 Å². The third kappa shape index (κ3) is 4.51. The van der Waals surface area contributed by atoms with Crippen molar-refractivity contribution in [3.63, 3.8) is 0 Å². The van der Waals surface area contributed by atoms with Crippen LogP contribution in [0.25, 0.3) is 22.4 Å². The summed E-state index contributed by atoms with van der Waals surface area (Å²) in [5.41, 5.74) is 2.08. The fourth-order valence-electron chi connectivity index (χ4n) is 4.61. The molecule has 4 aromatic rings. The number of anilines is 1. The molecule has 1 saturated carbocycles. The number of rotatable bonds is 6. The predicted molar refractivity (Wildman–Crippen MR) is 122 cm³/mol. The second kappa shape index (κ2) is 9.54. The number of hydrogen-bond donors (Lipinski definition) is 1. The van der Waals surface area contributed by atoms with Crippen molar-refractivity contribution in [2.24, 2.45) is 0 Å². The molecular weight excluding hydrogens is 470 g/mol. The van der Waals surface area contributed by atoms with Crippen LogP contribution in [0.5, 0.6) is 0 Å². The lowest BCUT2D eigenvalue weighted by Crippen LogP contribution is -2.33. The second-order valence-electron chi connectivity index (χ2n) is 8.60. The van der Waals surface area contributed by atoms with E-state index in [1.165, 1.54) is 24.8 Å². The Bertz CT molecular complexity index is 1500. The van der Waals surface area contributed by atoms with Gasteiger partial charge in [0.05, 0.1) is 29.2 Å². The van der Waals surface area contributed by atoms with Crippen molar-refractivity contribution in [3.8, 4) is 23.4 Å². The number of imidazole rings is 1. The molecule has 0 aromatic carbocycles. The van der Waals surface area contributed by atoms with Crippen molar-refractivity contribution in [2.45, 2.75) is 50.7 Å². The summed E-state index contributed by atoms with van der Waals surface area (Å²) in [6.45, 7) is -0.550. The molecule has 1 fully saturated rings. The molecule has 0 radical (unpaired) electrons. The number of fused-ring (bicyclic) bond motifs is 1. The number of hydrogen-bond acceptors (Lipinski definition) is 8. The molecule has 0 spiro atoms. The molecule has 1 aliphatic carbocycles. The van der Waals surface area contributed by atoms with Gasteiger partial charge in [0.2, 0.25) is 5.95 Å². The maximum atomic E-state index is 12.7. The Morgan fingerprint density at radius 3 is 2.86 bits per heavy atom. The van der Waals surface area contributed by atoms with Gasteiger partial charge in [0.25, 0.3) is 6.43 Å². The summed E-state index contributed by atoms with van der Waals surface area (Å²) >= 11 is 0. The maximum Gasteiger partial charge on any atom is 0.312 e. The molecule has 0 bridgehead atoms. The van der Waals surface area contributed by atoms with Crippen LogP contribution in [-0.2, 0) is 6.54 Å². The Morgan fingerprint density at radius 2 is 2.08 bits per heavy atom. The Morgan fingerprint density at radius 1 is 1.22 bits per heavy atom. The summed E-state index contributed by atoms with van der Waals surface area (Å²) in [5, 5.41) is 38.4. The normalized spacial score (nSPS) is 17.7. The van der Waals surface area contributed by atoms with Crippen molar-refractivity contribution in [1.29, 1.82) is 10.5 Å². The molecule has 182 valence electrons. The third-order valence-electron chi connectivity index (χ3n) is 6.20. The third-order valence-corrected chi connectivity index (χ3v) is 6.20. The Labute approximate surface area is 203 Å². The summed E-state index contributed by atoms with van der Waals surface area (Å²) in [4.78, 5) is 13.1. The van der Waals surface area contributed by atoms with E-state index in [-0.39, 0.29) is 23.2 Å². The van der Waals surface area contributed by atoms with Crippen molar-refractivity contribution in [1.82, 2.24) is 29.3 Å². The van der Waals surface area contributed by atoms with Crippen LogP contribution in [0.2, 0.25) is 0 Å². The van der Waals surface area contributed by atoms with Gasteiger partial charge in [0, 0.05) is 24.2 Å². The summed E-state index contributed by atoms with van der Waals surface area (Å²) in [6, 6.07) is 5.57. The standard InChI is InChI=1S/C23H20F2N10O/c24-20(25)12-33-11-16(9-30-33)21-15(7-27)8-28-23(32-21)31-17-2-1-3-18(5-17)34-13-29-19-4-14(6-26)10-35(36)22(19)34/h4,8-11,13,17-18,20H,1-3,5,12H2,(H,28,31,32)/t17-,18+/m1/s1. The molecule has 13 heteroatoms. The number of alkyl halides is 2. The molecular formula is C23H20F2N10O. The van der Waals surface area contributed by atoms with Gasteiger partial charge in [-0.25, -0.2) is 33.0 Å². The van der Waals surface area contributed by atoms with Crippen LogP contribution in [0.15, 0.2) is 37.2 Å². The van der Waals surface area contributed by atoms with Gasteiger partial charge in [-0.2, -0.15) is 15.6 Å². The fraction of sp³-hybridized carbons (Fsp3) is 0.348. The molecule has 2 atom stereocenters. The molecule has 11 nitrogen and oxygen atoms in total. The Kier molecular flexibility index (Phi) is 6.12. The van der Waals surface area contributed by atoms with Crippen LogP contribution in [-0.4, -0.2) is 41.8 Å². The Balaban J connectivity index is 1.37. The monoisotopic (exact) mass is 490 g/mol. The number of nitrogens with one attached hydrogen (secondary N) is 1. The molecule has 0 aliphatic heterocycles. The Hall–Kier alpha value is -4.65. The lowest BCUT2D eigenvalue weighted by atomic mass is 9.91. The molecule has 0 amide bonds. The first kappa shape index (κ1) is 23.1. The van der Waals surface area contributed by atoms with Gasteiger partial charge < -0.3 is 10.5 Å². The molecule has 36 heavy (non-hydrogen) atoms. The van der Waals surface area contributed by atoms with E-state index in [1.54, 1.807) is 12.4 Å². The number of pyridine rings is 1. The lowest BCUT2D eigenvalue weighted by molar-refractivity contribution is -0.580. The van der Waals surface area contributed by atoms with E-state index in [1.807, 2.05) is 16.7 Å². The van der Waals surface area contributed by atoms with Gasteiger partial charge in [0.1, 0.15) is 30.9 Å². The number of aromatic nitrogens is 7. The van der Waals surface area contributed by atoms with Gasteiger partial charge in [0.15, 0.2) is 11.8 Å². The van der Waals surface area contributed by atoms with Crippen LogP contribution < -0.4 is 10.0 Å². The molecule has 1 aliphatic rings. The molecule has 4 heterocycles. The fourth-order valence-corrected chi connectivity index (χ4v) is 4.61. The van der Waals surface area contributed by atoms with Crippen LogP contribution in [0.4, 0.5) is 14.7 Å². The number of halogens is 2. The highest BCUT2D eigenvalue weighted by atomic mass is 19.3. The predicted octanol–water partition coefficient (Wildman–Crippen LogP) is 2.93. The SMILES string of the molecule is N#Cc1cc2ncn([C@H]3CCC[C@@H](Nc4ncc(C#N)c(-c5cnn(CC(F)F)c5)n4)C3)c2[n+]([O-])c1. The highest BCUT2D eigenvalue weighted by Crippen LogP contribution is 2.32. The number of nitrogens with zero attached hydrogens (tertiary/aromatic N) is 9. The smallest absolute Gasteiger partial charge is 0.312 e. The molecule has 5 rings (SSSR count). The van der Waals surface area contributed by atoms with Crippen LogP contribution >= 0.6 is 0 Å². The van der Waals surface area contributed by atoms with E-state index in [9.17, 15) is 19.2 Å². The maximum absolute atomic E-state index is 12.7. The first-order valence-corrected chi connectivity index (χ1v) is 11.3. The summed E-state index contributed by atoms with van der Waals surface area (Å²) < 4.78 is 29.0. The summed E-state index contributed by atoms with van der Waals surface area (Å²) in [5.74, 6) is 0.310. The van der Waals surface area contributed by atoms with Crippen molar-refractivity contribution >= 4 is 17.1 Å². The minimum Gasteiger partial charge on any atom is -0.711 e. The average molecular weight is 490 g/mol. The largest absolute Gasteiger partial charge is 0.711 e. The van der Waals surface area contributed by atoms with Crippen molar-refractivity contribution < 1.29 is 13.5 Å². The van der Waals surface area contributed by atoms with Gasteiger partial charge in [-0.15, -0.1) is 0 Å². The zero-order valence-electron chi connectivity index (χ0n) is 18.9.